The lowest BCUT2D eigenvalue weighted by atomic mass is 10.2. The minimum absolute atomic E-state index is 0.305. The summed E-state index contributed by atoms with van der Waals surface area (Å²) in [6.45, 7) is 7.37. The van der Waals surface area contributed by atoms with Gasteiger partial charge in [-0.2, -0.15) is 0 Å². The Hall–Kier alpha value is -0.610. The van der Waals surface area contributed by atoms with Crippen molar-refractivity contribution < 1.29 is 0 Å². The highest BCUT2D eigenvalue weighted by molar-refractivity contribution is 7.15. The van der Waals surface area contributed by atoms with Gasteiger partial charge in [0.25, 0.3) is 0 Å². The van der Waals surface area contributed by atoms with E-state index in [2.05, 4.69) is 24.1 Å². The molecule has 2 aromatic rings. The van der Waals surface area contributed by atoms with Crippen LogP contribution in [0.25, 0.3) is 10.6 Å². The average molecular weight is 329 g/mol. The predicted molar refractivity (Wildman–Crippen MR) is 89.0 cm³/mol. The summed E-state index contributed by atoms with van der Waals surface area (Å²) in [7, 11) is 0. The Morgan fingerprint density at radius 3 is 2.80 bits per heavy atom. The molecule has 0 spiro atoms. The summed E-state index contributed by atoms with van der Waals surface area (Å²) in [5.41, 5.74) is 1.96. The van der Waals surface area contributed by atoms with E-state index >= 15 is 0 Å². The van der Waals surface area contributed by atoms with Gasteiger partial charge in [0, 0.05) is 21.5 Å². The van der Waals surface area contributed by atoms with Gasteiger partial charge in [0.05, 0.1) is 10.7 Å². The Balaban J connectivity index is 2.33. The normalized spacial score (nSPS) is 12.7. The van der Waals surface area contributed by atoms with Gasteiger partial charge in [0.2, 0.25) is 0 Å². The summed E-state index contributed by atoms with van der Waals surface area (Å²) in [6.07, 6.45) is 1.12. The van der Waals surface area contributed by atoms with E-state index in [0.717, 1.165) is 29.2 Å². The highest BCUT2D eigenvalue weighted by Crippen LogP contribution is 2.36. The van der Waals surface area contributed by atoms with Crippen molar-refractivity contribution in [2.24, 2.45) is 0 Å². The lowest BCUT2D eigenvalue weighted by Gasteiger charge is -2.11. The molecule has 20 heavy (non-hydrogen) atoms. The molecule has 0 aliphatic rings. The molecule has 0 radical (unpaired) electrons. The van der Waals surface area contributed by atoms with Gasteiger partial charge < -0.3 is 5.32 Å². The third kappa shape index (κ3) is 3.53. The van der Waals surface area contributed by atoms with Gasteiger partial charge in [-0.05, 0) is 45.0 Å². The maximum Gasteiger partial charge on any atom is 0.125 e. The van der Waals surface area contributed by atoms with Gasteiger partial charge in [0.1, 0.15) is 5.01 Å². The summed E-state index contributed by atoms with van der Waals surface area (Å²) in [5.74, 6) is 0. The summed E-state index contributed by atoms with van der Waals surface area (Å²) < 4.78 is 0. The number of thiazole rings is 1. The Labute approximate surface area is 134 Å². The van der Waals surface area contributed by atoms with Gasteiger partial charge in [0.15, 0.2) is 0 Å². The van der Waals surface area contributed by atoms with Crippen molar-refractivity contribution in [1.29, 1.82) is 0 Å². The van der Waals surface area contributed by atoms with Crippen molar-refractivity contribution in [3.8, 4) is 10.6 Å². The maximum absolute atomic E-state index is 6.25. The molecule has 0 saturated carbocycles. The standard InChI is InChI=1S/C15H18Cl2N2S/c1-4-7-18-9(2)14-10(3)19-15(20-14)12-8-11(16)5-6-13(12)17/h5-6,8-9,18H,4,7H2,1-3H3. The van der Waals surface area contributed by atoms with E-state index in [4.69, 9.17) is 23.2 Å². The van der Waals surface area contributed by atoms with E-state index in [1.54, 1.807) is 17.4 Å². The maximum atomic E-state index is 6.25. The van der Waals surface area contributed by atoms with Crippen LogP contribution >= 0.6 is 34.5 Å². The van der Waals surface area contributed by atoms with Crippen LogP contribution in [0.3, 0.4) is 0 Å². The van der Waals surface area contributed by atoms with E-state index in [9.17, 15) is 0 Å². The monoisotopic (exact) mass is 328 g/mol. The van der Waals surface area contributed by atoms with Gasteiger partial charge in [-0.3, -0.25) is 0 Å². The molecule has 0 saturated heterocycles. The second-order valence-corrected chi connectivity index (χ2v) is 6.64. The van der Waals surface area contributed by atoms with E-state index in [0.29, 0.717) is 16.1 Å². The first-order chi connectivity index (χ1) is 9.52. The van der Waals surface area contributed by atoms with Crippen LogP contribution in [-0.4, -0.2) is 11.5 Å². The Bertz CT molecular complexity index is 596. The molecule has 1 heterocycles. The summed E-state index contributed by atoms with van der Waals surface area (Å²) in [5, 5.41) is 5.78. The van der Waals surface area contributed by atoms with Gasteiger partial charge in [-0.15, -0.1) is 11.3 Å². The van der Waals surface area contributed by atoms with Crippen molar-refractivity contribution in [2.45, 2.75) is 33.2 Å². The van der Waals surface area contributed by atoms with Crippen LogP contribution in [0.1, 0.15) is 36.9 Å². The molecular formula is C15H18Cl2N2S. The van der Waals surface area contributed by atoms with Crippen LogP contribution in [0.2, 0.25) is 10.0 Å². The third-order valence-corrected chi connectivity index (χ3v) is 5.02. The first-order valence-electron chi connectivity index (χ1n) is 6.69. The molecule has 2 nitrogen and oxygen atoms in total. The fourth-order valence-corrected chi connectivity index (χ4v) is 3.60. The molecule has 1 aromatic carbocycles. The van der Waals surface area contributed by atoms with Crippen molar-refractivity contribution >= 4 is 34.5 Å². The molecule has 1 N–H and O–H groups in total. The number of hydrogen-bond acceptors (Lipinski definition) is 3. The highest BCUT2D eigenvalue weighted by Gasteiger charge is 2.16. The van der Waals surface area contributed by atoms with Crippen LogP contribution in [-0.2, 0) is 0 Å². The molecule has 108 valence electrons. The largest absolute Gasteiger partial charge is 0.309 e. The predicted octanol–water partition coefficient (Wildman–Crippen LogP) is 5.49. The first kappa shape index (κ1) is 15.8. The lowest BCUT2D eigenvalue weighted by Crippen LogP contribution is -2.18. The second kappa shape index (κ2) is 6.90. The van der Waals surface area contributed by atoms with Crippen LogP contribution in [0, 0.1) is 6.92 Å². The topological polar surface area (TPSA) is 24.9 Å². The first-order valence-corrected chi connectivity index (χ1v) is 8.26. The van der Waals surface area contributed by atoms with E-state index in [1.165, 1.54) is 4.88 Å². The minimum atomic E-state index is 0.305. The van der Waals surface area contributed by atoms with E-state index in [-0.39, 0.29) is 0 Å². The number of rotatable bonds is 5. The number of hydrogen-bond donors (Lipinski definition) is 1. The second-order valence-electron chi connectivity index (χ2n) is 4.77. The third-order valence-electron chi connectivity index (χ3n) is 3.09. The smallest absolute Gasteiger partial charge is 0.125 e. The summed E-state index contributed by atoms with van der Waals surface area (Å²) in [4.78, 5) is 5.90. The Morgan fingerprint density at radius 2 is 2.10 bits per heavy atom. The van der Waals surface area contributed by atoms with E-state index < -0.39 is 0 Å². The molecule has 5 heteroatoms. The number of benzene rings is 1. The van der Waals surface area contributed by atoms with Gasteiger partial charge in [-0.25, -0.2) is 4.98 Å². The van der Waals surface area contributed by atoms with Crippen LogP contribution in [0.4, 0.5) is 0 Å². The van der Waals surface area contributed by atoms with Crippen molar-refractivity contribution in [3.63, 3.8) is 0 Å². The quantitative estimate of drug-likeness (QED) is 0.785. The average Bonchev–Trinajstić information content (AvgIpc) is 2.80. The molecule has 0 amide bonds. The molecule has 1 atom stereocenters. The molecule has 0 bridgehead atoms. The Kier molecular flexibility index (Phi) is 5.44. The number of aromatic nitrogens is 1. The molecule has 1 unspecified atom stereocenters. The lowest BCUT2D eigenvalue weighted by molar-refractivity contribution is 0.575. The number of nitrogens with one attached hydrogen (secondary N) is 1. The van der Waals surface area contributed by atoms with Crippen LogP contribution < -0.4 is 5.32 Å². The van der Waals surface area contributed by atoms with Crippen LogP contribution in [0.5, 0.6) is 0 Å². The zero-order valence-electron chi connectivity index (χ0n) is 11.8. The number of nitrogens with zero attached hydrogens (tertiary/aromatic N) is 1. The van der Waals surface area contributed by atoms with E-state index in [1.807, 2.05) is 19.1 Å². The number of aryl methyl sites for hydroxylation is 1. The van der Waals surface area contributed by atoms with Crippen molar-refractivity contribution in [1.82, 2.24) is 10.3 Å². The highest BCUT2D eigenvalue weighted by atomic mass is 35.5. The van der Waals surface area contributed by atoms with Gasteiger partial charge >= 0.3 is 0 Å². The zero-order valence-corrected chi connectivity index (χ0v) is 14.2. The fourth-order valence-electron chi connectivity index (χ4n) is 2.04. The number of halogens is 2. The van der Waals surface area contributed by atoms with Crippen molar-refractivity contribution in [3.05, 3.63) is 38.8 Å². The van der Waals surface area contributed by atoms with Gasteiger partial charge in [-0.1, -0.05) is 30.1 Å². The fraction of sp³-hybridized carbons (Fsp3) is 0.400. The molecule has 1 aromatic heterocycles. The molecule has 0 fully saturated rings. The molecule has 0 aliphatic carbocycles. The molecule has 0 aliphatic heterocycles. The SMILES string of the molecule is CCCNC(C)c1sc(-c2cc(Cl)ccc2Cl)nc1C. The summed E-state index contributed by atoms with van der Waals surface area (Å²) in [6, 6.07) is 5.78. The molecular weight excluding hydrogens is 311 g/mol. The summed E-state index contributed by atoms with van der Waals surface area (Å²) >= 11 is 14.0. The Morgan fingerprint density at radius 1 is 1.35 bits per heavy atom. The zero-order chi connectivity index (χ0) is 14.7. The van der Waals surface area contributed by atoms with Crippen molar-refractivity contribution in [2.75, 3.05) is 6.54 Å². The molecule has 2 rings (SSSR count). The minimum Gasteiger partial charge on any atom is -0.309 e. The van der Waals surface area contributed by atoms with Crippen LogP contribution in [0.15, 0.2) is 18.2 Å².